The lowest BCUT2D eigenvalue weighted by Crippen LogP contribution is -2.22. The third kappa shape index (κ3) is 0.778. The molecule has 0 saturated carbocycles. The molecule has 0 aliphatic carbocycles. The van der Waals surface area contributed by atoms with Crippen molar-refractivity contribution in [2.75, 3.05) is 6.54 Å². The topological polar surface area (TPSA) is 15.6 Å². The molecule has 2 nitrogen and oxygen atoms in total. The Bertz CT molecular complexity index is 246. The van der Waals surface area contributed by atoms with Crippen molar-refractivity contribution in [3.63, 3.8) is 0 Å². The molecule has 0 spiro atoms. The Kier molecular flexibility index (Phi) is 1.17. The maximum absolute atomic E-state index is 4.24. The third-order valence-electron chi connectivity index (χ3n) is 1.41. The Morgan fingerprint density at radius 1 is 1.50 bits per heavy atom. The molecule has 0 bridgehead atoms. The second-order valence-electron chi connectivity index (χ2n) is 2.10. The average molecular weight is 131 g/mol. The molecule has 0 N–H and O–H groups in total. The molecule has 2 heterocycles. The Hall–Kier alpha value is -1.31. The van der Waals surface area contributed by atoms with Gasteiger partial charge in [0.05, 0.1) is 12.7 Å². The van der Waals surface area contributed by atoms with Crippen LogP contribution in [0.1, 0.15) is 0 Å². The molecular formula is C8H7N2. The minimum absolute atomic E-state index is 0.754. The molecule has 2 heteroatoms. The number of hydrogen-bond acceptors (Lipinski definition) is 2. The van der Waals surface area contributed by atoms with E-state index >= 15 is 0 Å². The predicted octanol–water partition coefficient (Wildman–Crippen LogP) is 1.10. The zero-order valence-corrected chi connectivity index (χ0v) is 5.49. The maximum atomic E-state index is 4.24. The Morgan fingerprint density at radius 3 is 3.40 bits per heavy atom. The van der Waals surface area contributed by atoms with Crippen molar-refractivity contribution in [2.45, 2.75) is 0 Å². The van der Waals surface area contributed by atoms with Crippen molar-refractivity contribution >= 4 is 5.84 Å². The molecule has 0 fully saturated rings. The summed E-state index contributed by atoms with van der Waals surface area (Å²) in [6.45, 7) is 0.754. The summed E-state index contributed by atoms with van der Waals surface area (Å²) < 4.78 is 0. The van der Waals surface area contributed by atoms with Crippen LogP contribution in [0.4, 0.5) is 0 Å². The number of nitrogens with zero attached hydrogens (tertiary/aromatic N) is 2. The fraction of sp³-hybridized carbons (Fsp3) is 0.125. The normalized spacial score (nSPS) is 20.8. The summed E-state index contributed by atoms with van der Waals surface area (Å²) >= 11 is 0. The number of aliphatic imine (C=N–C) groups is 1. The van der Waals surface area contributed by atoms with Gasteiger partial charge in [-0.2, -0.15) is 0 Å². The minimum Gasteiger partial charge on any atom is -0.300 e. The van der Waals surface area contributed by atoms with E-state index in [0.29, 0.717) is 0 Å². The molecule has 0 aromatic carbocycles. The summed E-state index contributed by atoms with van der Waals surface area (Å²) in [4.78, 5) is 6.12. The van der Waals surface area contributed by atoms with E-state index in [2.05, 4.69) is 11.2 Å². The van der Waals surface area contributed by atoms with Gasteiger partial charge < -0.3 is 4.90 Å². The Morgan fingerprint density at radius 2 is 2.50 bits per heavy atom. The van der Waals surface area contributed by atoms with Gasteiger partial charge in [-0.1, -0.05) is 6.08 Å². The van der Waals surface area contributed by atoms with E-state index in [1.807, 2.05) is 35.4 Å². The first-order valence-electron chi connectivity index (χ1n) is 3.23. The van der Waals surface area contributed by atoms with Gasteiger partial charge in [0.2, 0.25) is 0 Å². The second kappa shape index (κ2) is 2.14. The zero-order chi connectivity index (χ0) is 6.81. The molecule has 1 radical (unpaired) electrons. The van der Waals surface area contributed by atoms with Crippen LogP contribution in [-0.4, -0.2) is 17.3 Å². The molecule has 0 aromatic rings. The van der Waals surface area contributed by atoms with Crippen LogP contribution in [-0.2, 0) is 0 Å². The first-order valence-corrected chi connectivity index (χ1v) is 3.23. The van der Waals surface area contributed by atoms with E-state index in [1.54, 1.807) is 0 Å². The number of rotatable bonds is 0. The van der Waals surface area contributed by atoms with Crippen LogP contribution < -0.4 is 0 Å². The van der Waals surface area contributed by atoms with Crippen LogP contribution in [0.15, 0.2) is 35.5 Å². The van der Waals surface area contributed by atoms with Gasteiger partial charge in [0, 0.05) is 6.20 Å². The molecule has 0 saturated heterocycles. The highest BCUT2D eigenvalue weighted by molar-refractivity contribution is 5.95. The number of allylic oxidation sites excluding steroid dienone is 2. The molecule has 10 heavy (non-hydrogen) atoms. The van der Waals surface area contributed by atoms with Crippen molar-refractivity contribution in [1.29, 1.82) is 0 Å². The SMILES string of the molecule is [C]1=CCN=C2C=CC=CN12. The highest BCUT2D eigenvalue weighted by Crippen LogP contribution is 2.05. The zero-order valence-electron chi connectivity index (χ0n) is 5.49. The molecule has 2 rings (SSSR count). The summed E-state index contributed by atoms with van der Waals surface area (Å²) in [5.74, 6) is 0.977. The molecule has 2 aliphatic rings. The third-order valence-corrected chi connectivity index (χ3v) is 1.41. The molecule has 49 valence electrons. The number of fused-ring (bicyclic) bond motifs is 1. The van der Waals surface area contributed by atoms with Gasteiger partial charge in [-0.3, -0.25) is 4.99 Å². The van der Waals surface area contributed by atoms with Crippen molar-refractivity contribution in [3.05, 3.63) is 36.7 Å². The minimum atomic E-state index is 0.754. The molecular weight excluding hydrogens is 124 g/mol. The lowest BCUT2D eigenvalue weighted by molar-refractivity contribution is 0.704. The highest BCUT2D eigenvalue weighted by atomic mass is 15.2. The summed E-state index contributed by atoms with van der Waals surface area (Å²) in [5.41, 5.74) is 0. The van der Waals surface area contributed by atoms with Crippen molar-refractivity contribution in [3.8, 4) is 0 Å². The lowest BCUT2D eigenvalue weighted by atomic mass is 10.3. The van der Waals surface area contributed by atoms with Crippen molar-refractivity contribution in [2.24, 2.45) is 4.99 Å². The summed E-state index contributed by atoms with van der Waals surface area (Å²) in [6, 6.07) is 0. The summed E-state index contributed by atoms with van der Waals surface area (Å²) in [7, 11) is 0. The van der Waals surface area contributed by atoms with Crippen LogP contribution in [0.25, 0.3) is 0 Å². The molecule has 0 atom stereocenters. The van der Waals surface area contributed by atoms with Crippen LogP contribution in [0.3, 0.4) is 0 Å². The van der Waals surface area contributed by atoms with Gasteiger partial charge in [-0.05, 0) is 18.2 Å². The van der Waals surface area contributed by atoms with Crippen molar-refractivity contribution in [1.82, 2.24) is 4.90 Å². The average Bonchev–Trinajstić information content (AvgIpc) is 2.05. The van der Waals surface area contributed by atoms with Crippen molar-refractivity contribution < 1.29 is 0 Å². The smallest absolute Gasteiger partial charge is 0.132 e. The first-order chi connectivity index (χ1) is 4.97. The lowest BCUT2D eigenvalue weighted by Gasteiger charge is -2.19. The van der Waals surface area contributed by atoms with Gasteiger partial charge in [0.15, 0.2) is 0 Å². The highest BCUT2D eigenvalue weighted by Gasteiger charge is 2.06. The summed E-state index contributed by atoms with van der Waals surface area (Å²) in [5, 5.41) is 0. The Balaban J connectivity index is 2.33. The van der Waals surface area contributed by atoms with Gasteiger partial charge in [0.25, 0.3) is 0 Å². The quantitative estimate of drug-likeness (QED) is 0.480. The van der Waals surface area contributed by atoms with Crippen LogP contribution in [0, 0.1) is 6.20 Å². The number of hydrogen-bond donors (Lipinski definition) is 0. The van der Waals surface area contributed by atoms with Gasteiger partial charge in [0.1, 0.15) is 5.84 Å². The van der Waals surface area contributed by atoms with E-state index < -0.39 is 0 Å². The molecule has 0 amide bonds. The van der Waals surface area contributed by atoms with E-state index in [4.69, 9.17) is 0 Å². The predicted molar refractivity (Wildman–Crippen MR) is 40.2 cm³/mol. The molecule has 0 unspecified atom stereocenters. The summed E-state index contributed by atoms with van der Waals surface area (Å²) in [6.07, 6.45) is 12.8. The fourth-order valence-electron chi connectivity index (χ4n) is 0.950. The van der Waals surface area contributed by atoms with E-state index in [-0.39, 0.29) is 0 Å². The van der Waals surface area contributed by atoms with E-state index in [1.165, 1.54) is 0 Å². The van der Waals surface area contributed by atoms with Gasteiger partial charge >= 0.3 is 0 Å². The molecule has 0 aromatic heterocycles. The van der Waals surface area contributed by atoms with E-state index in [0.717, 1.165) is 12.4 Å². The van der Waals surface area contributed by atoms with Crippen LogP contribution in [0.2, 0.25) is 0 Å². The first kappa shape index (κ1) is 5.47. The van der Waals surface area contributed by atoms with Crippen LogP contribution >= 0.6 is 0 Å². The largest absolute Gasteiger partial charge is 0.300 e. The monoisotopic (exact) mass is 131 g/mol. The molecule has 2 aliphatic heterocycles. The van der Waals surface area contributed by atoms with Gasteiger partial charge in [-0.15, -0.1) is 0 Å². The van der Waals surface area contributed by atoms with Crippen LogP contribution in [0.5, 0.6) is 0 Å². The van der Waals surface area contributed by atoms with E-state index in [9.17, 15) is 0 Å². The second-order valence-corrected chi connectivity index (χ2v) is 2.10. The Labute approximate surface area is 59.9 Å². The fourth-order valence-corrected chi connectivity index (χ4v) is 0.950. The standard InChI is InChI=1S/C8H7N2/c1-2-6-10-7-3-5-9-8(10)4-1/h1-4,6H,5H2. The number of amidine groups is 1. The van der Waals surface area contributed by atoms with Gasteiger partial charge in [-0.25, -0.2) is 0 Å². The maximum Gasteiger partial charge on any atom is 0.132 e.